The molecule has 2 unspecified atom stereocenters. The van der Waals surface area contributed by atoms with Gasteiger partial charge >= 0.3 is 0 Å². The maximum atomic E-state index is 9.33. The summed E-state index contributed by atoms with van der Waals surface area (Å²) >= 11 is 6.74. The van der Waals surface area contributed by atoms with E-state index < -0.39 is 6.10 Å². The molecule has 72 valence electrons. The topological polar surface area (TPSA) is 46.2 Å². The van der Waals surface area contributed by atoms with Crippen LogP contribution >= 0.6 is 31.9 Å². The second kappa shape index (κ2) is 4.55. The van der Waals surface area contributed by atoms with Crippen LogP contribution in [0.4, 0.5) is 0 Å². The van der Waals surface area contributed by atoms with Gasteiger partial charge in [0.25, 0.3) is 0 Å². The molecule has 0 saturated carbocycles. The lowest BCUT2D eigenvalue weighted by molar-refractivity contribution is 0.164. The fourth-order valence-electron chi connectivity index (χ4n) is 1.03. The summed E-state index contributed by atoms with van der Waals surface area (Å²) in [5, 5.41) is 9.33. The van der Waals surface area contributed by atoms with Crippen LogP contribution in [0.5, 0.6) is 0 Å². The van der Waals surface area contributed by atoms with Gasteiger partial charge in [-0.05, 0) is 30.7 Å². The van der Waals surface area contributed by atoms with Crippen molar-refractivity contribution in [3.63, 3.8) is 0 Å². The van der Waals surface area contributed by atoms with E-state index in [2.05, 4.69) is 31.9 Å². The fourth-order valence-corrected chi connectivity index (χ4v) is 1.92. The van der Waals surface area contributed by atoms with Crippen LogP contribution in [0.25, 0.3) is 0 Å². The van der Waals surface area contributed by atoms with Crippen molar-refractivity contribution >= 4 is 31.9 Å². The molecular weight excluding hydrogens is 298 g/mol. The van der Waals surface area contributed by atoms with Gasteiger partial charge in [0.15, 0.2) is 0 Å². The molecule has 0 saturated heterocycles. The van der Waals surface area contributed by atoms with E-state index in [9.17, 15) is 5.11 Å². The van der Waals surface area contributed by atoms with Crippen molar-refractivity contribution < 1.29 is 5.11 Å². The minimum absolute atomic E-state index is 0.355. The first kappa shape index (κ1) is 11.2. The number of hydrogen-bond donors (Lipinski definition) is 2. The zero-order valence-corrected chi connectivity index (χ0v) is 10.3. The van der Waals surface area contributed by atoms with Gasteiger partial charge in [0.05, 0.1) is 12.1 Å². The Kier molecular flexibility index (Phi) is 3.91. The van der Waals surface area contributed by atoms with Crippen LogP contribution in [-0.2, 0) is 0 Å². The number of benzene rings is 1. The first-order valence-electron chi connectivity index (χ1n) is 3.91. The van der Waals surface area contributed by atoms with Gasteiger partial charge in [-0.3, -0.25) is 0 Å². The Morgan fingerprint density at radius 3 is 2.54 bits per heavy atom. The summed E-state index contributed by atoms with van der Waals surface area (Å²) in [6.45, 7) is 1.68. The van der Waals surface area contributed by atoms with Gasteiger partial charge in [-0.1, -0.05) is 31.9 Å². The van der Waals surface area contributed by atoms with Crippen molar-refractivity contribution in [2.75, 3.05) is 0 Å². The number of halogens is 2. The number of nitrogens with two attached hydrogens (primary N) is 1. The lowest BCUT2D eigenvalue weighted by Crippen LogP contribution is -2.23. The summed E-state index contributed by atoms with van der Waals surface area (Å²) in [5.74, 6) is 0. The van der Waals surface area contributed by atoms with Crippen molar-refractivity contribution in [2.24, 2.45) is 5.73 Å². The lowest BCUT2D eigenvalue weighted by Gasteiger charge is -2.16. The van der Waals surface area contributed by atoms with E-state index in [4.69, 9.17) is 5.73 Å². The average molecular weight is 309 g/mol. The Morgan fingerprint density at radius 1 is 1.38 bits per heavy atom. The van der Waals surface area contributed by atoms with Crippen molar-refractivity contribution in [3.8, 4) is 0 Å². The third kappa shape index (κ3) is 2.77. The fraction of sp³-hybridized carbons (Fsp3) is 0.333. The highest BCUT2D eigenvalue weighted by Gasteiger charge is 2.14. The molecule has 1 aromatic rings. The highest BCUT2D eigenvalue weighted by atomic mass is 79.9. The molecule has 0 heterocycles. The van der Waals surface area contributed by atoms with Crippen molar-refractivity contribution in [1.82, 2.24) is 0 Å². The van der Waals surface area contributed by atoms with Gasteiger partial charge < -0.3 is 10.8 Å². The summed E-state index contributed by atoms with van der Waals surface area (Å²) in [6.07, 6.45) is -0.550. The van der Waals surface area contributed by atoms with Gasteiger partial charge in [-0.2, -0.15) is 0 Å². The minimum Gasteiger partial charge on any atom is -0.391 e. The predicted octanol–water partition coefficient (Wildman–Crippen LogP) is 2.59. The molecule has 0 aliphatic rings. The van der Waals surface area contributed by atoms with E-state index in [0.717, 1.165) is 14.5 Å². The molecule has 2 nitrogen and oxygen atoms in total. The normalized spacial score (nSPS) is 15.5. The molecule has 0 bridgehead atoms. The maximum absolute atomic E-state index is 9.33. The molecule has 0 aliphatic carbocycles. The third-order valence-electron chi connectivity index (χ3n) is 1.84. The first-order valence-corrected chi connectivity index (χ1v) is 5.49. The van der Waals surface area contributed by atoms with Crippen molar-refractivity contribution in [1.29, 1.82) is 0 Å². The molecule has 4 heteroatoms. The largest absolute Gasteiger partial charge is 0.391 e. The van der Waals surface area contributed by atoms with Gasteiger partial charge in [-0.25, -0.2) is 0 Å². The monoisotopic (exact) mass is 307 g/mol. The number of rotatable bonds is 2. The smallest absolute Gasteiger partial charge is 0.0705 e. The summed E-state index contributed by atoms with van der Waals surface area (Å²) < 4.78 is 1.88. The van der Waals surface area contributed by atoms with Crippen LogP contribution in [0.1, 0.15) is 18.5 Å². The highest BCUT2D eigenvalue weighted by molar-refractivity contribution is 9.11. The van der Waals surface area contributed by atoms with Crippen LogP contribution in [-0.4, -0.2) is 11.2 Å². The summed E-state index contributed by atoms with van der Waals surface area (Å²) in [6, 6.07) is 5.37. The molecule has 0 aromatic heterocycles. The van der Waals surface area contributed by atoms with Crippen molar-refractivity contribution in [3.05, 3.63) is 32.7 Å². The van der Waals surface area contributed by atoms with E-state index in [1.54, 1.807) is 6.92 Å². The molecular formula is C9H11Br2NO. The number of aliphatic hydroxyl groups excluding tert-OH is 1. The van der Waals surface area contributed by atoms with E-state index in [1.807, 2.05) is 18.2 Å². The first-order chi connectivity index (χ1) is 6.02. The molecule has 0 aliphatic heterocycles. The van der Waals surface area contributed by atoms with Crippen molar-refractivity contribution in [2.45, 2.75) is 19.1 Å². The summed E-state index contributed by atoms with van der Waals surface area (Å²) in [5.41, 5.74) is 6.71. The van der Waals surface area contributed by atoms with Crippen LogP contribution < -0.4 is 5.73 Å². The Bertz CT molecular complexity index is 302. The zero-order valence-electron chi connectivity index (χ0n) is 7.17. The quantitative estimate of drug-likeness (QED) is 0.882. The third-order valence-corrected chi connectivity index (χ3v) is 3.05. The standard InChI is InChI=1S/C9H11Br2NO/c1-5(13)9(12)7-4-6(10)2-3-8(7)11/h2-5,9,13H,12H2,1H3. The van der Waals surface area contributed by atoms with Gasteiger partial charge in [0.2, 0.25) is 0 Å². The Labute approximate surface area is 94.4 Å². The molecule has 0 fully saturated rings. The summed E-state index contributed by atoms with van der Waals surface area (Å²) in [4.78, 5) is 0. The van der Waals surface area contributed by atoms with E-state index >= 15 is 0 Å². The van der Waals surface area contributed by atoms with E-state index in [1.165, 1.54) is 0 Å². The predicted molar refractivity (Wildman–Crippen MR) is 60.5 cm³/mol. The molecule has 3 N–H and O–H groups in total. The van der Waals surface area contributed by atoms with Crippen LogP contribution in [0, 0.1) is 0 Å². The van der Waals surface area contributed by atoms with Gasteiger partial charge in [0.1, 0.15) is 0 Å². The minimum atomic E-state index is -0.550. The average Bonchev–Trinajstić information content (AvgIpc) is 2.08. The van der Waals surface area contributed by atoms with Crippen LogP contribution in [0.2, 0.25) is 0 Å². The molecule has 0 spiro atoms. The molecule has 0 radical (unpaired) electrons. The molecule has 1 aromatic carbocycles. The Morgan fingerprint density at radius 2 is 2.00 bits per heavy atom. The lowest BCUT2D eigenvalue weighted by atomic mass is 10.0. The van der Waals surface area contributed by atoms with E-state index in [0.29, 0.717) is 0 Å². The summed E-state index contributed by atoms with van der Waals surface area (Å²) in [7, 11) is 0. The van der Waals surface area contributed by atoms with Crippen LogP contribution in [0.3, 0.4) is 0 Å². The maximum Gasteiger partial charge on any atom is 0.0705 e. The SMILES string of the molecule is CC(O)C(N)c1cc(Br)ccc1Br. The van der Waals surface area contributed by atoms with Gasteiger partial charge in [0, 0.05) is 8.95 Å². The van der Waals surface area contributed by atoms with E-state index in [-0.39, 0.29) is 6.04 Å². The Balaban J connectivity index is 3.05. The second-order valence-corrected chi connectivity index (χ2v) is 4.70. The van der Waals surface area contributed by atoms with Crippen LogP contribution in [0.15, 0.2) is 27.1 Å². The highest BCUT2D eigenvalue weighted by Crippen LogP contribution is 2.27. The molecule has 0 amide bonds. The number of aliphatic hydroxyl groups is 1. The zero-order chi connectivity index (χ0) is 10.0. The second-order valence-electron chi connectivity index (χ2n) is 2.93. The molecule has 1 rings (SSSR count). The van der Waals surface area contributed by atoms with Gasteiger partial charge in [-0.15, -0.1) is 0 Å². The molecule has 13 heavy (non-hydrogen) atoms. The Hall–Kier alpha value is 0.1000. The number of hydrogen-bond acceptors (Lipinski definition) is 2. The molecule has 2 atom stereocenters.